The third-order valence-corrected chi connectivity index (χ3v) is 10.9. The molecule has 0 saturated carbocycles. The molecule has 2 nitrogen and oxygen atoms in total. The van der Waals surface area contributed by atoms with Crippen LogP contribution in [-0.4, -0.2) is 4.57 Å². The number of aryl methyl sites for hydroxylation is 1. The Balaban J connectivity index is 1.00. The molecular weight excluding hydrogens is 665 g/mol. The van der Waals surface area contributed by atoms with Crippen LogP contribution < -0.4 is 4.90 Å². The largest absolute Gasteiger partial charge is 0.311 e. The zero-order valence-corrected chi connectivity index (χ0v) is 30.6. The molecule has 0 fully saturated rings. The summed E-state index contributed by atoms with van der Waals surface area (Å²) in [6.45, 7) is 2.13. The standard InChI is InChI=1S/C53H38N2/c1-37-14-16-39(17-15-37)41-24-28-46(29-25-41)54(48-32-34-49(35-33-48)55-52-12-6-4-10-50(52)51-11-5-7-13-53(51)55)47-30-26-42(27-31-47)40-18-20-43(21-19-40)45-23-22-38-8-2-3-9-44(38)36-45/h2-36H,1H3. The summed E-state index contributed by atoms with van der Waals surface area (Å²) >= 11 is 0. The summed E-state index contributed by atoms with van der Waals surface area (Å²) in [6.07, 6.45) is 0. The molecule has 0 aliphatic rings. The fraction of sp³-hybridized carbons (Fsp3) is 0.0189. The van der Waals surface area contributed by atoms with Gasteiger partial charge in [0.2, 0.25) is 0 Å². The summed E-state index contributed by atoms with van der Waals surface area (Å²) < 4.78 is 2.37. The Morgan fingerprint density at radius 1 is 0.327 bits per heavy atom. The molecule has 9 aromatic carbocycles. The molecule has 0 atom stereocenters. The maximum atomic E-state index is 2.37. The lowest BCUT2D eigenvalue weighted by Crippen LogP contribution is -2.10. The minimum atomic E-state index is 1.10. The van der Waals surface area contributed by atoms with E-state index < -0.39 is 0 Å². The lowest BCUT2D eigenvalue weighted by Gasteiger charge is -2.26. The summed E-state index contributed by atoms with van der Waals surface area (Å²) in [6, 6.07) is 77.1. The highest BCUT2D eigenvalue weighted by Gasteiger charge is 2.16. The average Bonchev–Trinajstić information content (AvgIpc) is 3.59. The van der Waals surface area contributed by atoms with Crippen LogP contribution in [-0.2, 0) is 0 Å². The molecule has 10 aromatic rings. The number of aromatic nitrogens is 1. The Morgan fingerprint density at radius 2 is 0.709 bits per heavy atom. The SMILES string of the molecule is Cc1ccc(-c2ccc(N(c3ccc(-c4ccc(-c5ccc6ccccc6c5)cc4)cc3)c3ccc(-n4c5ccccc5c5ccccc54)cc3)cc2)cc1. The number of nitrogens with zero attached hydrogens (tertiary/aromatic N) is 2. The van der Waals surface area contributed by atoms with Gasteiger partial charge in [-0.25, -0.2) is 0 Å². The monoisotopic (exact) mass is 702 g/mol. The van der Waals surface area contributed by atoms with Gasteiger partial charge in [-0.1, -0.05) is 151 Å². The Kier molecular flexibility index (Phi) is 8.08. The van der Waals surface area contributed by atoms with Crippen LogP contribution in [0.5, 0.6) is 0 Å². The molecule has 0 aliphatic heterocycles. The van der Waals surface area contributed by atoms with Crippen molar-refractivity contribution in [3.8, 4) is 39.1 Å². The minimum Gasteiger partial charge on any atom is -0.311 e. The highest BCUT2D eigenvalue weighted by Crippen LogP contribution is 2.39. The molecule has 0 N–H and O–H groups in total. The van der Waals surface area contributed by atoms with Gasteiger partial charge in [-0.3, -0.25) is 0 Å². The van der Waals surface area contributed by atoms with Crippen molar-refractivity contribution in [3.63, 3.8) is 0 Å². The topological polar surface area (TPSA) is 8.17 Å². The van der Waals surface area contributed by atoms with Crippen molar-refractivity contribution in [2.45, 2.75) is 6.92 Å². The van der Waals surface area contributed by atoms with E-state index in [1.54, 1.807) is 0 Å². The fourth-order valence-corrected chi connectivity index (χ4v) is 7.97. The number of para-hydroxylation sites is 2. The zero-order valence-electron chi connectivity index (χ0n) is 30.6. The van der Waals surface area contributed by atoms with Crippen LogP contribution in [0.3, 0.4) is 0 Å². The van der Waals surface area contributed by atoms with Crippen LogP contribution in [0.4, 0.5) is 17.1 Å². The molecule has 0 saturated heterocycles. The molecule has 10 rings (SSSR count). The molecule has 0 spiro atoms. The molecule has 1 heterocycles. The summed E-state index contributed by atoms with van der Waals surface area (Å²) in [7, 11) is 0. The van der Waals surface area contributed by atoms with Gasteiger partial charge in [-0.15, -0.1) is 0 Å². The van der Waals surface area contributed by atoms with Crippen molar-refractivity contribution >= 4 is 49.6 Å². The molecule has 1 aromatic heterocycles. The van der Waals surface area contributed by atoms with Crippen molar-refractivity contribution in [2.24, 2.45) is 0 Å². The maximum Gasteiger partial charge on any atom is 0.0541 e. The van der Waals surface area contributed by atoms with Gasteiger partial charge >= 0.3 is 0 Å². The predicted octanol–water partition coefficient (Wildman–Crippen LogP) is 14.7. The number of benzene rings is 9. The first kappa shape index (κ1) is 32.5. The van der Waals surface area contributed by atoms with Crippen LogP contribution >= 0.6 is 0 Å². The van der Waals surface area contributed by atoms with Crippen molar-refractivity contribution in [1.82, 2.24) is 4.57 Å². The van der Waals surface area contributed by atoms with E-state index in [2.05, 4.69) is 229 Å². The average molecular weight is 703 g/mol. The highest BCUT2D eigenvalue weighted by molar-refractivity contribution is 6.09. The van der Waals surface area contributed by atoms with Gasteiger partial charge in [-0.05, 0) is 118 Å². The first-order chi connectivity index (χ1) is 27.2. The van der Waals surface area contributed by atoms with Gasteiger partial charge in [0.25, 0.3) is 0 Å². The molecule has 0 amide bonds. The van der Waals surface area contributed by atoms with Gasteiger partial charge in [0.15, 0.2) is 0 Å². The van der Waals surface area contributed by atoms with E-state index in [1.807, 2.05) is 0 Å². The van der Waals surface area contributed by atoms with Gasteiger partial charge in [0.1, 0.15) is 0 Å². The molecule has 55 heavy (non-hydrogen) atoms. The summed E-state index contributed by atoms with van der Waals surface area (Å²) in [5, 5.41) is 5.05. The van der Waals surface area contributed by atoms with E-state index in [0.717, 1.165) is 22.7 Å². The van der Waals surface area contributed by atoms with E-state index in [4.69, 9.17) is 0 Å². The second-order valence-electron chi connectivity index (χ2n) is 14.3. The molecule has 0 radical (unpaired) electrons. The van der Waals surface area contributed by atoms with Gasteiger partial charge in [-0.2, -0.15) is 0 Å². The van der Waals surface area contributed by atoms with E-state index in [0.29, 0.717) is 0 Å². The normalized spacial score (nSPS) is 11.4. The van der Waals surface area contributed by atoms with Crippen LogP contribution in [0.25, 0.3) is 71.6 Å². The van der Waals surface area contributed by atoms with Gasteiger partial charge in [0.05, 0.1) is 11.0 Å². The summed E-state index contributed by atoms with van der Waals surface area (Å²) in [4.78, 5) is 2.35. The lowest BCUT2D eigenvalue weighted by atomic mass is 9.98. The number of fused-ring (bicyclic) bond motifs is 4. The highest BCUT2D eigenvalue weighted by atomic mass is 15.1. The van der Waals surface area contributed by atoms with E-state index >= 15 is 0 Å². The lowest BCUT2D eigenvalue weighted by molar-refractivity contribution is 1.17. The number of hydrogen-bond donors (Lipinski definition) is 0. The second-order valence-corrected chi connectivity index (χ2v) is 14.3. The molecule has 0 aliphatic carbocycles. The number of rotatable bonds is 7. The Hall–Kier alpha value is -7.16. The smallest absolute Gasteiger partial charge is 0.0541 e. The molecule has 0 bridgehead atoms. The first-order valence-corrected chi connectivity index (χ1v) is 18.9. The molecule has 2 heteroatoms. The van der Waals surface area contributed by atoms with Crippen molar-refractivity contribution in [2.75, 3.05) is 4.90 Å². The van der Waals surface area contributed by atoms with Crippen LogP contribution in [0, 0.1) is 6.92 Å². The first-order valence-electron chi connectivity index (χ1n) is 18.9. The van der Waals surface area contributed by atoms with Crippen LogP contribution in [0.2, 0.25) is 0 Å². The van der Waals surface area contributed by atoms with Crippen molar-refractivity contribution in [3.05, 3.63) is 218 Å². The second kappa shape index (κ2) is 13.7. The Bertz CT molecular complexity index is 2880. The number of anilines is 3. The van der Waals surface area contributed by atoms with Crippen molar-refractivity contribution < 1.29 is 0 Å². The zero-order chi connectivity index (χ0) is 36.7. The Morgan fingerprint density at radius 3 is 1.24 bits per heavy atom. The third-order valence-electron chi connectivity index (χ3n) is 10.9. The minimum absolute atomic E-state index is 1.10. The van der Waals surface area contributed by atoms with Gasteiger partial charge < -0.3 is 9.47 Å². The predicted molar refractivity (Wildman–Crippen MR) is 234 cm³/mol. The Labute approximate surface area is 321 Å². The molecule has 260 valence electrons. The summed E-state index contributed by atoms with van der Waals surface area (Å²) in [5.41, 5.74) is 15.4. The van der Waals surface area contributed by atoms with E-state index in [1.165, 1.54) is 71.5 Å². The molecular formula is C53H38N2. The summed E-state index contributed by atoms with van der Waals surface area (Å²) in [5.74, 6) is 0. The quantitative estimate of drug-likeness (QED) is 0.160. The van der Waals surface area contributed by atoms with Crippen LogP contribution in [0.1, 0.15) is 5.56 Å². The number of hydrogen-bond acceptors (Lipinski definition) is 1. The van der Waals surface area contributed by atoms with Crippen LogP contribution in [0.15, 0.2) is 212 Å². The van der Waals surface area contributed by atoms with Gasteiger partial charge in [0, 0.05) is 33.5 Å². The van der Waals surface area contributed by atoms with E-state index in [-0.39, 0.29) is 0 Å². The maximum absolute atomic E-state index is 2.37. The van der Waals surface area contributed by atoms with E-state index in [9.17, 15) is 0 Å². The molecule has 0 unspecified atom stereocenters. The third kappa shape index (κ3) is 6.04. The van der Waals surface area contributed by atoms with Crippen molar-refractivity contribution in [1.29, 1.82) is 0 Å². The fourth-order valence-electron chi connectivity index (χ4n) is 7.97.